The van der Waals surface area contributed by atoms with Crippen molar-refractivity contribution in [3.8, 4) is 5.75 Å². The number of phenols is 1. The topological polar surface area (TPSA) is 66.4 Å². The average molecular weight is 432 g/mol. The van der Waals surface area contributed by atoms with Crippen molar-refractivity contribution in [2.75, 3.05) is 0 Å². The molecule has 3 aliphatic carbocycles. The number of aryl methyl sites for hydroxylation is 1. The smallest absolute Gasteiger partial charge is 0.221 e. The molecule has 2 aromatic rings. The van der Waals surface area contributed by atoms with Gasteiger partial charge in [0.25, 0.3) is 0 Å². The maximum Gasteiger partial charge on any atom is 0.221 e. The van der Waals surface area contributed by atoms with Crippen LogP contribution in [0.25, 0.3) is 0 Å². The van der Waals surface area contributed by atoms with Crippen molar-refractivity contribution in [2.45, 2.75) is 64.3 Å². The number of ketones is 1. The van der Waals surface area contributed by atoms with Crippen LogP contribution in [0.15, 0.2) is 48.5 Å². The van der Waals surface area contributed by atoms with E-state index in [1.807, 2.05) is 43.3 Å². The minimum Gasteiger partial charge on any atom is -0.508 e. The number of amides is 1. The number of Topliss-reactive ketones (excluding diaryl/α,β-unsaturated/α-hetero) is 1. The zero-order chi connectivity index (χ0) is 22.5. The number of fused-ring (bicyclic) bond motifs is 5. The van der Waals surface area contributed by atoms with Crippen molar-refractivity contribution in [1.82, 2.24) is 5.32 Å². The van der Waals surface area contributed by atoms with Crippen LogP contribution in [0.5, 0.6) is 5.75 Å². The predicted molar refractivity (Wildman–Crippen MR) is 124 cm³/mol. The van der Waals surface area contributed by atoms with Crippen LogP contribution in [0, 0.1) is 23.2 Å². The van der Waals surface area contributed by atoms with Gasteiger partial charge in [-0.05, 0) is 85.6 Å². The molecule has 2 saturated carbocycles. The number of aromatic hydroxyl groups is 1. The monoisotopic (exact) mass is 431 g/mol. The molecular formula is C28H33NO3. The van der Waals surface area contributed by atoms with Gasteiger partial charge in [0.15, 0.2) is 0 Å². The third kappa shape index (κ3) is 3.54. The molecule has 2 N–H and O–H groups in total. The first-order chi connectivity index (χ1) is 15.4. The largest absolute Gasteiger partial charge is 0.508 e. The summed E-state index contributed by atoms with van der Waals surface area (Å²) in [6, 6.07) is 15.7. The highest BCUT2D eigenvalue weighted by molar-refractivity contribution is 5.93. The van der Waals surface area contributed by atoms with Gasteiger partial charge in [0, 0.05) is 17.8 Å². The summed E-state index contributed by atoms with van der Waals surface area (Å²) in [5.41, 5.74) is 3.41. The van der Waals surface area contributed by atoms with Crippen molar-refractivity contribution >= 4 is 11.7 Å². The Balaban J connectivity index is 1.30. The minimum atomic E-state index is -0.300. The standard InChI is InChI=1S/C28H33NO3/c1-17(18-6-4-3-5-7-18)29-26(31)16-20-15-25-24-10-8-19-14-21(30)9-11-22(19)23(24)12-13-28(25,2)27(20)32/h3-7,9,11,14,17,20,23-25,30H,8,10,12-13,15-16H2,1-2H3,(H,29,31)/t17-,20+,23+,24+,25-,28-/m0/s1. The number of benzene rings is 2. The van der Waals surface area contributed by atoms with Crippen LogP contribution in [0.3, 0.4) is 0 Å². The summed E-state index contributed by atoms with van der Waals surface area (Å²) in [6.07, 6.45) is 5.08. The fourth-order valence-corrected chi connectivity index (χ4v) is 7.03. The van der Waals surface area contributed by atoms with Gasteiger partial charge in [0.1, 0.15) is 11.5 Å². The van der Waals surface area contributed by atoms with Gasteiger partial charge >= 0.3 is 0 Å². The van der Waals surface area contributed by atoms with E-state index >= 15 is 0 Å². The molecule has 0 radical (unpaired) electrons. The third-order valence-corrected chi connectivity index (χ3v) is 8.68. The van der Waals surface area contributed by atoms with Gasteiger partial charge in [0.2, 0.25) is 5.91 Å². The molecule has 0 heterocycles. The van der Waals surface area contributed by atoms with E-state index in [0.29, 0.717) is 35.7 Å². The van der Waals surface area contributed by atoms with Crippen molar-refractivity contribution in [1.29, 1.82) is 0 Å². The fraction of sp³-hybridized carbons (Fsp3) is 0.500. The van der Waals surface area contributed by atoms with Crippen molar-refractivity contribution in [3.05, 3.63) is 65.2 Å². The maximum atomic E-state index is 13.5. The molecular weight excluding hydrogens is 398 g/mol. The molecule has 0 aliphatic heterocycles. The molecule has 0 unspecified atom stereocenters. The van der Waals surface area contributed by atoms with Crippen LogP contribution in [-0.4, -0.2) is 16.8 Å². The Morgan fingerprint density at radius 3 is 2.75 bits per heavy atom. The molecule has 4 heteroatoms. The molecule has 1 amide bonds. The molecule has 2 aromatic carbocycles. The summed E-state index contributed by atoms with van der Waals surface area (Å²) in [5.74, 6) is 1.76. The Bertz CT molecular complexity index is 1030. The van der Waals surface area contributed by atoms with Gasteiger partial charge in [0.05, 0.1) is 6.04 Å². The lowest BCUT2D eigenvalue weighted by Gasteiger charge is -2.48. The fourth-order valence-electron chi connectivity index (χ4n) is 7.03. The first kappa shape index (κ1) is 21.2. The zero-order valence-corrected chi connectivity index (χ0v) is 19.0. The summed E-state index contributed by atoms with van der Waals surface area (Å²) in [7, 11) is 0. The van der Waals surface area contributed by atoms with Crippen LogP contribution in [0.2, 0.25) is 0 Å². The van der Waals surface area contributed by atoms with E-state index in [-0.39, 0.29) is 23.3 Å². The van der Waals surface area contributed by atoms with Gasteiger partial charge in [-0.25, -0.2) is 0 Å². The second kappa shape index (κ2) is 8.06. The molecule has 0 spiro atoms. The molecule has 168 valence electrons. The second-order valence-corrected chi connectivity index (χ2v) is 10.5. The molecule has 0 saturated heterocycles. The summed E-state index contributed by atoms with van der Waals surface area (Å²) in [4.78, 5) is 26.3. The quantitative estimate of drug-likeness (QED) is 0.689. The van der Waals surface area contributed by atoms with E-state index in [9.17, 15) is 14.7 Å². The van der Waals surface area contributed by atoms with Crippen LogP contribution in [-0.2, 0) is 16.0 Å². The van der Waals surface area contributed by atoms with Gasteiger partial charge in [-0.15, -0.1) is 0 Å². The van der Waals surface area contributed by atoms with E-state index in [1.54, 1.807) is 6.07 Å². The van der Waals surface area contributed by atoms with Crippen LogP contribution < -0.4 is 5.32 Å². The summed E-state index contributed by atoms with van der Waals surface area (Å²) in [6.45, 7) is 4.15. The lowest BCUT2D eigenvalue weighted by atomic mass is 9.55. The van der Waals surface area contributed by atoms with Gasteiger partial charge in [-0.3, -0.25) is 9.59 Å². The Kier molecular flexibility index (Phi) is 5.35. The van der Waals surface area contributed by atoms with Crippen molar-refractivity contribution in [2.24, 2.45) is 23.2 Å². The molecule has 6 atom stereocenters. The SMILES string of the molecule is C[C@H](NC(=O)C[C@H]1C[C@H]2[C@@H]3CCc4cc(O)ccc4[C@H]3CC[C@]2(C)C1=O)c1ccccc1. The Morgan fingerprint density at radius 2 is 1.97 bits per heavy atom. The summed E-state index contributed by atoms with van der Waals surface area (Å²) >= 11 is 0. The second-order valence-electron chi connectivity index (χ2n) is 10.5. The summed E-state index contributed by atoms with van der Waals surface area (Å²) < 4.78 is 0. The normalized spacial score (nSPS) is 31.9. The highest BCUT2D eigenvalue weighted by Crippen LogP contribution is 2.61. The molecule has 2 fully saturated rings. The first-order valence-corrected chi connectivity index (χ1v) is 12.1. The van der Waals surface area contributed by atoms with Gasteiger partial charge in [-0.2, -0.15) is 0 Å². The zero-order valence-electron chi connectivity index (χ0n) is 19.0. The lowest BCUT2D eigenvalue weighted by Crippen LogP contribution is -2.42. The van der Waals surface area contributed by atoms with E-state index in [4.69, 9.17) is 0 Å². The highest BCUT2D eigenvalue weighted by Gasteiger charge is 2.58. The van der Waals surface area contributed by atoms with Crippen molar-refractivity contribution < 1.29 is 14.7 Å². The first-order valence-electron chi connectivity index (χ1n) is 12.1. The molecule has 5 rings (SSSR count). The molecule has 4 nitrogen and oxygen atoms in total. The highest BCUT2D eigenvalue weighted by atomic mass is 16.3. The molecule has 0 bridgehead atoms. The number of hydrogen-bond acceptors (Lipinski definition) is 3. The molecule has 0 aromatic heterocycles. The predicted octanol–water partition coefficient (Wildman–Crippen LogP) is 5.31. The third-order valence-electron chi connectivity index (χ3n) is 8.68. The number of phenolic OH excluding ortho intramolecular Hbond substituents is 1. The Morgan fingerprint density at radius 1 is 1.19 bits per heavy atom. The van der Waals surface area contributed by atoms with E-state index in [0.717, 1.165) is 37.7 Å². The van der Waals surface area contributed by atoms with Gasteiger partial charge in [-0.1, -0.05) is 43.3 Å². The summed E-state index contributed by atoms with van der Waals surface area (Å²) in [5, 5.41) is 13.0. The number of carbonyl (C=O) groups excluding carboxylic acids is 2. The number of hydrogen-bond donors (Lipinski definition) is 2. The number of carbonyl (C=O) groups is 2. The van der Waals surface area contributed by atoms with Crippen molar-refractivity contribution in [3.63, 3.8) is 0 Å². The molecule has 3 aliphatic rings. The van der Waals surface area contributed by atoms with E-state index < -0.39 is 0 Å². The lowest BCUT2D eigenvalue weighted by molar-refractivity contribution is -0.134. The number of nitrogens with one attached hydrogen (secondary N) is 1. The van der Waals surface area contributed by atoms with E-state index in [1.165, 1.54) is 11.1 Å². The Hall–Kier alpha value is -2.62. The Labute approximate surface area is 190 Å². The maximum absolute atomic E-state index is 13.5. The van der Waals surface area contributed by atoms with E-state index in [2.05, 4.69) is 18.3 Å². The molecule has 32 heavy (non-hydrogen) atoms. The van der Waals surface area contributed by atoms with Crippen LogP contribution >= 0.6 is 0 Å². The average Bonchev–Trinajstić information content (AvgIpc) is 3.04. The van der Waals surface area contributed by atoms with Gasteiger partial charge < -0.3 is 10.4 Å². The van der Waals surface area contributed by atoms with Crippen LogP contribution in [0.1, 0.15) is 74.6 Å². The number of rotatable bonds is 4. The van der Waals surface area contributed by atoms with Crippen LogP contribution in [0.4, 0.5) is 0 Å². The minimum absolute atomic E-state index is 0.0250.